The van der Waals surface area contributed by atoms with Gasteiger partial charge in [0.2, 0.25) is 5.91 Å². The smallest absolute Gasteiger partial charge is 0.224 e. The minimum absolute atomic E-state index is 0. The number of nitrogens with one attached hydrogen (secondary N) is 2. The molecule has 0 aliphatic heterocycles. The van der Waals surface area contributed by atoms with Crippen LogP contribution >= 0.6 is 24.0 Å². The third-order valence-corrected chi connectivity index (χ3v) is 3.59. The van der Waals surface area contributed by atoms with E-state index in [2.05, 4.69) is 15.6 Å². The molecule has 0 unspecified atom stereocenters. The number of primary amides is 1. The Morgan fingerprint density at radius 3 is 2.40 bits per heavy atom. The van der Waals surface area contributed by atoms with E-state index >= 15 is 0 Å². The van der Waals surface area contributed by atoms with Gasteiger partial charge in [0, 0.05) is 12.6 Å². The molecule has 20 heavy (non-hydrogen) atoms. The molecule has 0 aromatic heterocycles. The lowest BCUT2D eigenvalue weighted by molar-refractivity contribution is -0.125. The molecular formula is C14H29IN4O. The van der Waals surface area contributed by atoms with Crippen LogP contribution in [-0.4, -0.2) is 31.0 Å². The van der Waals surface area contributed by atoms with E-state index in [1.165, 1.54) is 32.1 Å². The van der Waals surface area contributed by atoms with Crippen LogP contribution in [-0.2, 0) is 4.79 Å². The summed E-state index contributed by atoms with van der Waals surface area (Å²) in [5.74, 6) is 0.480. The molecule has 4 N–H and O–H groups in total. The molecule has 1 amide bonds. The van der Waals surface area contributed by atoms with Gasteiger partial charge in [-0.3, -0.25) is 9.79 Å². The third kappa shape index (κ3) is 6.76. The summed E-state index contributed by atoms with van der Waals surface area (Å²) >= 11 is 0. The Kier molecular flexibility index (Phi) is 9.16. The minimum Gasteiger partial charge on any atom is -0.369 e. The zero-order chi connectivity index (χ0) is 14.3. The molecule has 0 saturated heterocycles. The number of rotatable bonds is 5. The fourth-order valence-electron chi connectivity index (χ4n) is 2.11. The van der Waals surface area contributed by atoms with Crippen LogP contribution in [0.2, 0.25) is 0 Å². The zero-order valence-corrected chi connectivity index (χ0v) is 15.2. The largest absolute Gasteiger partial charge is 0.369 e. The molecule has 0 spiro atoms. The highest BCUT2D eigenvalue weighted by atomic mass is 127. The summed E-state index contributed by atoms with van der Waals surface area (Å²) in [6.45, 7) is 6.91. The van der Waals surface area contributed by atoms with Gasteiger partial charge in [0.05, 0.1) is 12.0 Å². The van der Waals surface area contributed by atoms with Crippen LogP contribution in [0, 0.1) is 5.41 Å². The van der Waals surface area contributed by atoms with Gasteiger partial charge in [-0.2, -0.15) is 0 Å². The number of carbonyl (C=O) groups excluding carboxylic acids is 1. The fraction of sp³-hybridized carbons (Fsp3) is 0.857. The second kappa shape index (κ2) is 9.41. The van der Waals surface area contributed by atoms with E-state index in [1.54, 1.807) is 0 Å². The molecule has 118 valence electrons. The number of carbonyl (C=O) groups is 1. The first-order valence-electron chi connectivity index (χ1n) is 7.30. The Bertz CT molecular complexity index is 325. The van der Waals surface area contributed by atoms with E-state index in [-0.39, 0.29) is 29.9 Å². The Balaban J connectivity index is 0.00000361. The van der Waals surface area contributed by atoms with Gasteiger partial charge in [-0.05, 0) is 33.6 Å². The number of guanidine groups is 1. The topological polar surface area (TPSA) is 79.5 Å². The van der Waals surface area contributed by atoms with Crippen molar-refractivity contribution in [1.82, 2.24) is 10.6 Å². The van der Waals surface area contributed by atoms with Gasteiger partial charge in [-0.1, -0.05) is 19.3 Å². The highest BCUT2D eigenvalue weighted by Gasteiger charge is 2.25. The van der Waals surface area contributed by atoms with Crippen LogP contribution in [0.1, 0.15) is 52.9 Å². The molecule has 1 rings (SSSR count). The highest BCUT2D eigenvalue weighted by Crippen LogP contribution is 2.17. The normalized spacial score (nSPS) is 17.2. The molecule has 0 bridgehead atoms. The van der Waals surface area contributed by atoms with E-state index in [1.807, 2.05) is 20.8 Å². The fourth-order valence-corrected chi connectivity index (χ4v) is 2.11. The summed E-state index contributed by atoms with van der Waals surface area (Å²) in [6.07, 6.45) is 6.29. The number of hydrogen-bond donors (Lipinski definition) is 3. The van der Waals surface area contributed by atoms with Crippen molar-refractivity contribution < 1.29 is 4.79 Å². The number of aliphatic imine (C=N–C) groups is 1. The standard InChI is InChI=1S/C14H28N4O.HI/c1-4-16-13(17-10-14(2,3)12(15)19)18-11-8-6-5-7-9-11;/h11H,4-10H2,1-3H3,(H2,15,19)(H2,16,17,18);1H. The average molecular weight is 396 g/mol. The molecule has 1 aliphatic rings. The van der Waals surface area contributed by atoms with Crippen LogP contribution in [0.15, 0.2) is 4.99 Å². The van der Waals surface area contributed by atoms with Crippen molar-refractivity contribution in [3.8, 4) is 0 Å². The van der Waals surface area contributed by atoms with Crippen molar-refractivity contribution >= 4 is 35.8 Å². The molecule has 1 aliphatic carbocycles. The molecule has 0 aromatic carbocycles. The summed E-state index contributed by atoms with van der Waals surface area (Å²) < 4.78 is 0. The van der Waals surface area contributed by atoms with Crippen LogP contribution in [0.5, 0.6) is 0 Å². The van der Waals surface area contributed by atoms with Crippen LogP contribution in [0.3, 0.4) is 0 Å². The minimum atomic E-state index is -0.602. The van der Waals surface area contributed by atoms with Gasteiger partial charge >= 0.3 is 0 Å². The SMILES string of the molecule is CCNC(=NCC(C)(C)C(N)=O)NC1CCCCC1.I. The Hall–Kier alpha value is -0.530. The van der Waals surface area contributed by atoms with E-state index < -0.39 is 5.41 Å². The van der Waals surface area contributed by atoms with Gasteiger partial charge in [0.25, 0.3) is 0 Å². The Labute approximate surface area is 139 Å². The summed E-state index contributed by atoms with van der Waals surface area (Å²) in [6, 6.07) is 0.503. The van der Waals surface area contributed by atoms with Crippen molar-refractivity contribution in [1.29, 1.82) is 0 Å². The van der Waals surface area contributed by atoms with Gasteiger partial charge in [0.15, 0.2) is 5.96 Å². The van der Waals surface area contributed by atoms with Crippen molar-refractivity contribution in [2.75, 3.05) is 13.1 Å². The average Bonchev–Trinajstić information content (AvgIpc) is 2.37. The maximum Gasteiger partial charge on any atom is 0.224 e. The number of nitrogens with zero attached hydrogens (tertiary/aromatic N) is 1. The first-order chi connectivity index (χ1) is 8.95. The van der Waals surface area contributed by atoms with E-state index in [0.717, 1.165) is 12.5 Å². The van der Waals surface area contributed by atoms with Crippen LogP contribution in [0.25, 0.3) is 0 Å². The summed E-state index contributed by atoms with van der Waals surface area (Å²) in [5, 5.41) is 6.68. The van der Waals surface area contributed by atoms with Crippen molar-refractivity contribution in [3.05, 3.63) is 0 Å². The molecule has 0 atom stereocenters. The summed E-state index contributed by atoms with van der Waals surface area (Å²) in [7, 11) is 0. The zero-order valence-electron chi connectivity index (χ0n) is 12.9. The van der Waals surface area contributed by atoms with Crippen LogP contribution < -0.4 is 16.4 Å². The van der Waals surface area contributed by atoms with E-state index in [4.69, 9.17) is 5.73 Å². The molecular weight excluding hydrogens is 367 g/mol. The monoisotopic (exact) mass is 396 g/mol. The molecule has 0 radical (unpaired) electrons. The summed E-state index contributed by atoms with van der Waals surface area (Å²) in [4.78, 5) is 15.8. The molecule has 5 nitrogen and oxygen atoms in total. The second-order valence-corrected chi connectivity index (χ2v) is 5.92. The lowest BCUT2D eigenvalue weighted by Gasteiger charge is -2.25. The van der Waals surface area contributed by atoms with E-state index in [9.17, 15) is 4.79 Å². The molecule has 0 aromatic rings. The van der Waals surface area contributed by atoms with Crippen molar-refractivity contribution in [3.63, 3.8) is 0 Å². The van der Waals surface area contributed by atoms with Gasteiger partial charge < -0.3 is 16.4 Å². The van der Waals surface area contributed by atoms with Gasteiger partial charge in [0.1, 0.15) is 0 Å². The molecule has 1 fully saturated rings. The summed E-state index contributed by atoms with van der Waals surface area (Å²) in [5.41, 5.74) is 4.76. The molecule has 0 heterocycles. The maximum absolute atomic E-state index is 11.3. The first-order valence-corrected chi connectivity index (χ1v) is 7.30. The van der Waals surface area contributed by atoms with Gasteiger partial charge in [-0.15, -0.1) is 24.0 Å². The predicted molar refractivity (Wildman–Crippen MR) is 94.4 cm³/mol. The number of hydrogen-bond acceptors (Lipinski definition) is 2. The predicted octanol–water partition coefficient (Wildman–Crippen LogP) is 2.00. The number of halogens is 1. The van der Waals surface area contributed by atoms with Gasteiger partial charge in [-0.25, -0.2) is 0 Å². The second-order valence-electron chi connectivity index (χ2n) is 5.92. The molecule has 6 heteroatoms. The highest BCUT2D eigenvalue weighted by molar-refractivity contribution is 14.0. The Morgan fingerprint density at radius 1 is 1.30 bits per heavy atom. The number of nitrogens with two attached hydrogens (primary N) is 1. The number of amides is 1. The van der Waals surface area contributed by atoms with Crippen molar-refractivity contribution in [2.24, 2.45) is 16.1 Å². The lowest BCUT2D eigenvalue weighted by atomic mass is 9.93. The van der Waals surface area contributed by atoms with Crippen LogP contribution in [0.4, 0.5) is 0 Å². The van der Waals surface area contributed by atoms with E-state index in [0.29, 0.717) is 12.6 Å². The van der Waals surface area contributed by atoms with Crippen molar-refractivity contribution in [2.45, 2.75) is 58.9 Å². The third-order valence-electron chi connectivity index (χ3n) is 3.59. The lowest BCUT2D eigenvalue weighted by Crippen LogP contribution is -2.45. The Morgan fingerprint density at radius 2 is 1.90 bits per heavy atom. The first kappa shape index (κ1) is 19.5. The molecule has 1 saturated carbocycles. The maximum atomic E-state index is 11.3. The quantitative estimate of drug-likeness (QED) is 0.378.